The SMILES string of the molecule is Brc1ccccc1.CC1(C)c2cccc(Pc3ccccc3)c2Oc2c(Pc3ccccc3)cccc21.Nc1cc2ccccc2cc1N.c1ccc(Cc2cc3ccccc3cc2Cc2ccccc2)cc1. The van der Waals surface area contributed by atoms with Crippen molar-refractivity contribution < 1.29 is 4.74 Å². The van der Waals surface area contributed by atoms with Gasteiger partial charge in [0.15, 0.2) is 0 Å². The van der Waals surface area contributed by atoms with Crippen LogP contribution in [-0.2, 0) is 18.3 Å². The Hall–Kier alpha value is -7.32. The van der Waals surface area contributed by atoms with E-state index in [2.05, 4.69) is 224 Å². The maximum absolute atomic E-state index is 6.73. The van der Waals surface area contributed by atoms with E-state index in [0.717, 1.165) is 39.6 Å². The number of rotatable bonds is 8. The molecule has 4 N–H and O–H groups in total. The van der Waals surface area contributed by atoms with Gasteiger partial charge in [-0.15, -0.1) is 0 Å². The van der Waals surface area contributed by atoms with E-state index in [4.69, 9.17) is 16.2 Å². The molecule has 2 unspecified atom stereocenters. The van der Waals surface area contributed by atoms with E-state index in [1.807, 2.05) is 66.7 Å². The lowest BCUT2D eigenvalue weighted by molar-refractivity contribution is 0.425. The second-order valence-corrected chi connectivity index (χ2v) is 22.1. The van der Waals surface area contributed by atoms with Crippen molar-refractivity contribution in [1.29, 1.82) is 0 Å². The van der Waals surface area contributed by atoms with E-state index >= 15 is 0 Å². The number of para-hydroxylation sites is 2. The van der Waals surface area contributed by atoms with Crippen molar-refractivity contribution in [3.05, 3.63) is 299 Å². The van der Waals surface area contributed by atoms with Gasteiger partial charge in [0.05, 0.1) is 11.4 Å². The van der Waals surface area contributed by atoms with Gasteiger partial charge in [0.25, 0.3) is 0 Å². The standard InChI is InChI=1S/C27H24OP2.C24H20.C10H10N2.C6H5Br/c1-27(2)21-15-9-17-23(29-19-11-5-3-6-12-19)25(21)28-26-22(27)16-10-18-24(26)30-20-13-7-4-8-14-20;1-3-9-19(10-4-1)15-23-17-21-13-7-8-14-22(21)18-24(23)16-20-11-5-2-6-12-20;11-9-5-7-3-1-2-4-8(7)6-10(9)12;7-6-4-2-1-3-5-6/h3-18,29-30H,1-2H3;1-14,17-18H,15-16H2;1-6H,11-12H2;1-5H. The summed E-state index contributed by atoms with van der Waals surface area (Å²) >= 11 is 3.31. The second-order valence-electron chi connectivity index (χ2n) is 18.5. The molecule has 2 atom stereocenters. The molecule has 360 valence electrons. The van der Waals surface area contributed by atoms with Crippen molar-refractivity contribution >= 4 is 87.2 Å². The van der Waals surface area contributed by atoms with E-state index in [-0.39, 0.29) is 5.41 Å². The summed E-state index contributed by atoms with van der Waals surface area (Å²) in [4.78, 5) is 0. The molecule has 1 aliphatic heterocycles. The lowest BCUT2D eigenvalue weighted by atomic mass is 9.76. The van der Waals surface area contributed by atoms with Crippen LogP contribution in [0.5, 0.6) is 11.5 Å². The third-order valence-corrected chi connectivity index (χ3v) is 16.0. The highest BCUT2D eigenvalue weighted by atomic mass is 79.9. The first-order valence-electron chi connectivity index (χ1n) is 24.6. The van der Waals surface area contributed by atoms with Crippen LogP contribution >= 0.6 is 33.1 Å². The molecule has 3 nitrogen and oxygen atoms in total. The largest absolute Gasteiger partial charge is 0.455 e. The number of anilines is 2. The van der Waals surface area contributed by atoms with E-state index in [1.165, 1.54) is 65.4 Å². The molecule has 0 aromatic heterocycles. The number of ether oxygens (including phenoxy) is 1. The molecule has 12 rings (SSSR count). The molecule has 0 aliphatic carbocycles. The van der Waals surface area contributed by atoms with Crippen LogP contribution in [0.15, 0.2) is 265 Å². The fourth-order valence-electron chi connectivity index (χ4n) is 9.06. The van der Waals surface area contributed by atoms with Gasteiger partial charge in [-0.1, -0.05) is 284 Å². The summed E-state index contributed by atoms with van der Waals surface area (Å²) in [6.07, 6.45) is 1.96. The minimum Gasteiger partial charge on any atom is -0.455 e. The predicted octanol–water partition coefficient (Wildman–Crippen LogP) is 15.9. The van der Waals surface area contributed by atoms with Crippen molar-refractivity contribution in [2.75, 3.05) is 11.5 Å². The number of hydrogen-bond donors (Lipinski definition) is 2. The number of benzene rings is 11. The molecule has 0 spiro atoms. The fourth-order valence-corrected chi connectivity index (χ4v) is 11.7. The number of nitrogen functional groups attached to an aromatic ring is 2. The molecule has 0 radical (unpaired) electrons. The first kappa shape index (κ1) is 50.6. The smallest absolute Gasteiger partial charge is 0.139 e. The minimum absolute atomic E-state index is 0.0999. The molecule has 1 aliphatic rings. The van der Waals surface area contributed by atoms with E-state index < -0.39 is 0 Å². The Kier molecular flexibility index (Phi) is 16.9. The molecule has 0 saturated heterocycles. The summed E-state index contributed by atoms with van der Waals surface area (Å²) in [5.41, 5.74) is 20.6. The van der Waals surface area contributed by atoms with Crippen LogP contribution in [0.25, 0.3) is 21.5 Å². The van der Waals surface area contributed by atoms with Crippen molar-refractivity contribution in [2.24, 2.45) is 0 Å². The molecule has 0 saturated carbocycles. The number of fused-ring (bicyclic) bond motifs is 4. The van der Waals surface area contributed by atoms with Gasteiger partial charge in [-0.25, -0.2) is 0 Å². The average molecular weight is 1050 g/mol. The molecule has 11 aromatic rings. The first-order valence-corrected chi connectivity index (χ1v) is 27.4. The first-order chi connectivity index (χ1) is 35.7. The summed E-state index contributed by atoms with van der Waals surface area (Å²) in [6, 6.07) is 91.2. The van der Waals surface area contributed by atoms with E-state index in [0.29, 0.717) is 28.5 Å². The molecule has 1 heterocycles. The van der Waals surface area contributed by atoms with Gasteiger partial charge in [-0.05, 0) is 91.5 Å². The Labute approximate surface area is 443 Å². The average Bonchev–Trinajstić information content (AvgIpc) is 3.42. The quantitative estimate of drug-likeness (QED) is 0.118. The van der Waals surface area contributed by atoms with Gasteiger partial charge < -0.3 is 16.2 Å². The molecule has 0 amide bonds. The Morgan fingerprint density at radius 2 is 0.712 bits per heavy atom. The van der Waals surface area contributed by atoms with Crippen molar-refractivity contribution in [3.8, 4) is 11.5 Å². The van der Waals surface area contributed by atoms with E-state index in [1.54, 1.807) is 0 Å². The van der Waals surface area contributed by atoms with Crippen molar-refractivity contribution in [1.82, 2.24) is 0 Å². The maximum atomic E-state index is 6.73. The molecular weight excluding hydrogens is 991 g/mol. The van der Waals surface area contributed by atoms with Crippen LogP contribution in [0.4, 0.5) is 11.4 Å². The van der Waals surface area contributed by atoms with E-state index in [9.17, 15) is 0 Å². The van der Waals surface area contributed by atoms with Crippen molar-refractivity contribution in [2.45, 2.75) is 32.1 Å². The molecule has 6 heteroatoms. The Balaban J connectivity index is 0.000000135. The van der Waals surface area contributed by atoms with Gasteiger partial charge in [0, 0.05) is 31.6 Å². The Bertz CT molecular complexity index is 3320. The zero-order valence-corrected chi connectivity index (χ0v) is 44.8. The summed E-state index contributed by atoms with van der Waals surface area (Å²) in [7, 11) is 1.15. The Morgan fingerprint density at radius 1 is 0.384 bits per heavy atom. The second kappa shape index (κ2) is 24.4. The zero-order valence-electron chi connectivity index (χ0n) is 41.2. The number of hydrogen-bond acceptors (Lipinski definition) is 3. The molecule has 73 heavy (non-hydrogen) atoms. The van der Waals surface area contributed by atoms with Gasteiger partial charge in [0.1, 0.15) is 11.5 Å². The van der Waals surface area contributed by atoms with Crippen LogP contribution in [0.1, 0.15) is 47.2 Å². The fraction of sp³-hybridized carbons (Fsp3) is 0.0746. The minimum atomic E-state index is -0.0999. The van der Waals surface area contributed by atoms with Crippen LogP contribution in [0.3, 0.4) is 0 Å². The van der Waals surface area contributed by atoms with Crippen LogP contribution in [-0.4, -0.2) is 0 Å². The molecule has 0 bridgehead atoms. The monoisotopic (exact) mass is 1050 g/mol. The number of nitrogens with two attached hydrogens (primary N) is 2. The molecule has 11 aromatic carbocycles. The topological polar surface area (TPSA) is 61.3 Å². The van der Waals surface area contributed by atoms with Crippen LogP contribution < -0.4 is 37.4 Å². The lowest BCUT2D eigenvalue weighted by Crippen LogP contribution is -2.29. The van der Waals surface area contributed by atoms with Crippen LogP contribution in [0, 0.1) is 0 Å². The van der Waals surface area contributed by atoms with Gasteiger partial charge >= 0.3 is 0 Å². The summed E-state index contributed by atoms with van der Waals surface area (Å²) in [5.74, 6) is 2.09. The predicted molar refractivity (Wildman–Crippen MR) is 322 cm³/mol. The third kappa shape index (κ3) is 13.2. The normalized spacial score (nSPS) is 12.1. The molecule has 0 fully saturated rings. The van der Waals surface area contributed by atoms with Gasteiger partial charge in [-0.2, -0.15) is 0 Å². The highest BCUT2D eigenvalue weighted by molar-refractivity contribution is 9.10. The number of halogens is 1. The maximum Gasteiger partial charge on any atom is 0.139 e. The summed E-state index contributed by atoms with van der Waals surface area (Å²) in [5, 5.41) is 10.1. The summed E-state index contributed by atoms with van der Waals surface area (Å²) < 4.78 is 7.87. The zero-order chi connectivity index (χ0) is 50.4. The van der Waals surface area contributed by atoms with Crippen molar-refractivity contribution in [3.63, 3.8) is 0 Å². The third-order valence-electron chi connectivity index (χ3n) is 12.9. The van der Waals surface area contributed by atoms with Crippen LogP contribution in [0.2, 0.25) is 0 Å². The Morgan fingerprint density at radius 3 is 1.07 bits per heavy atom. The molecular formula is C67H59BrN2OP2. The lowest BCUT2D eigenvalue weighted by Gasteiger charge is -2.36. The highest BCUT2D eigenvalue weighted by Crippen LogP contribution is 2.48. The highest BCUT2D eigenvalue weighted by Gasteiger charge is 2.36. The summed E-state index contributed by atoms with van der Waals surface area (Å²) in [6.45, 7) is 4.63. The van der Waals surface area contributed by atoms with Gasteiger partial charge in [-0.3, -0.25) is 0 Å². The van der Waals surface area contributed by atoms with Gasteiger partial charge in [0.2, 0.25) is 0 Å².